The van der Waals surface area contributed by atoms with E-state index < -0.39 is 6.04 Å². The summed E-state index contributed by atoms with van der Waals surface area (Å²) in [5.74, 6) is -0.244. The first kappa shape index (κ1) is 24.1. The molecule has 2 amide bonds. The fourth-order valence-electron chi connectivity index (χ4n) is 4.14. The molecule has 0 aromatic heterocycles. The van der Waals surface area contributed by atoms with E-state index in [2.05, 4.69) is 5.32 Å². The van der Waals surface area contributed by atoms with Gasteiger partial charge in [-0.3, -0.25) is 9.59 Å². The van der Waals surface area contributed by atoms with Gasteiger partial charge in [0, 0.05) is 38.1 Å². The Labute approximate surface area is 196 Å². The molecule has 1 aliphatic heterocycles. The van der Waals surface area contributed by atoms with E-state index in [-0.39, 0.29) is 17.6 Å². The maximum atomic E-state index is 13.7. The van der Waals surface area contributed by atoms with Gasteiger partial charge in [0.15, 0.2) is 0 Å². The second-order valence-corrected chi connectivity index (χ2v) is 8.68. The van der Waals surface area contributed by atoms with Crippen LogP contribution in [-0.4, -0.2) is 42.5 Å². The predicted molar refractivity (Wildman–Crippen MR) is 134 cm³/mol. The number of nitrogens with zero attached hydrogens (tertiary/aromatic N) is 2. The number of amides is 2. The Hall–Kier alpha value is -3.54. The van der Waals surface area contributed by atoms with Crippen molar-refractivity contribution in [3.8, 4) is 5.75 Å². The number of aryl methyl sites for hydroxylation is 1. The van der Waals surface area contributed by atoms with Crippen LogP contribution in [0.2, 0.25) is 0 Å². The van der Waals surface area contributed by atoms with Gasteiger partial charge in [0.05, 0.1) is 0 Å². The lowest BCUT2D eigenvalue weighted by Gasteiger charge is -2.36. The van der Waals surface area contributed by atoms with Crippen molar-refractivity contribution in [2.75, 3.05) is 30.9 Å². The van der Waals surface area contributed by atoms with Crippen LogP contribution in [0.1, 0.15) is 40.8 Å². The molecule has 2 N–H and O–H groups in total. The molecule has 0 radical (unpaired) electrons. The zero-order valence-electron chi connectivity index (χ0n) is 20.3. The van der Waals surface area contributed by atoms with Crippen LogP contribution in [0, 0.1) is 20.8 Å². The SMILES string of the molecule is C/C=C/C=C/C(=O)N1CCc2ccc(N(C)C)cc2C1C(=O)Nc1cc(C)c(O)c(C)c1C. The first-order chi connectivity index (χ1) is 15.6. The van der Waals surface area contributed by atoms with Crippen molar-refractivity contribution in [3.05, 3.63) is 76.4 Å². The van der Waals surface area contributed by atoms with Crippen molar-refractivity contribution < 1.29 is 14.7 Å². The maximum absolute atomic E-state index is 13.7. The van der Waals surface area contributed by atoms with Gasteiger partial charge < -0.3 is 20.2 Å². The minimum Gasteiger partial charge on any atom is -0.507 e. The molecule has 2 aromatic rings. The number of rotatable bonds is 5. The van der Waals surface area contributed by atoms with Crippen LogP contribution in [0.4, 0.5) is 11.4 Å². The fraction of sp³-hybridized carbons (Fsp3) is 0.333. The largest absolute Gasteiger partial charge is 0.507 e. The Morgan fingerprint density at radius 2 is 1.85 bits per heavy atom. The zero-order chi connectivity index (χ0) is 24.3. The molecular formula is C27H33N3O3. The average molecular weight is 448 g/mol. The molecule has 1 atom stereocenters. The number of hydrogen-bond acceptors (Lipinski definition) is 4. The number of benzene rings is 2. The van der Waals surface area contributed by atoms with Crippen LogP contribution in [0.15, 0.2) is 48.6 Å². The Morgan fingerprint density at radius 3 is 2.52 bits per heavy atom. The maximum Gasteiger partial charge on any atom is 0.251 e. The van der Waals surface area contributed by atoms with Gasteiger partial charge in [0.25, 0.3) is 5.91 Å². The molecule has 1 aliphatic rings. The monoisotopic (exact) mass is 447 g/mol. The van der Waals surface area contributed by atoms with E-state index in [9.17, 15) is 14.7 Å². The highest BCUT2D eigenvalue weighted by molar-refractivity contribution is 6.01. The van der Waals surface area contributed by atoms with Gasteiger partial charge >= 0.3 is 0 Å². The van der Waals surface area contributed by atoms with Crippen LogP contribution in [0.3, 0.4) is 0 Å². The Balaban J connectivity index is 2.06. The smallest absolute Gasteiger partial charge is 0.251 e. The number of carbonyl (C=O) groups is 2. The van der Waals surface area contributed by atoms with E-state index in [1.54, 1.807) is 30.0 Å². The highest BCUT2D eigenvalue weighted by Crippen LogP contribution is 2.35. The lowest BCUT2D eigenvalue weighted by Crippen LogP contribution is -2.45. The third kappa shape index (κ3) is 4.95. The molecule has 33 heavy (non-hydrogen) atoms. The summed E-state index contributed by atoms with van der Waals surface area (Å²) in [7, 11) is 3.90. The van der Waals surface area contributed by atoms with Crippen molar-refractivity contribution >= 4 is 23.2 Å². The molecule has 0 spiro atoms. The minimum absolute atomic E-state index is 0.205. The molecule has 174 valence electrons. The normalized spacial score (nSPS) is 15.7. The second kappa shape index (κ2) is 9.94. The zero-order valence-corrected chi connectivity index (χ0v) is 20.3. The highest BCUT2D eigenvalue weighted by Gasteiger charge is 2.36. The molecule has 1 unspecified atom stereocenters. The Kier molecular flexibility index (Phi) is 7.26. The van der Waals surface area contributed by atoms with Crippen LogP contribution < -0.4 is 10.2 Å². The number of hydrogen-bond donors (Lipinski definition) is 2. The number of carbonyl (C=O) groups excluding carboxylic acids is 2. The molecular weight excluding hydrogens is 414 g/mol. The fourth-order valence-corrected chi connectivity index (χ4v) is 4.14. The quantitative estimate of drug-likeness (QED) is 0.400. The molecule has 0 fully saturated rings. The number of phenols is 1. The van der Waals surface area contributed by atoms with Crippen LogP contribution in [0.5, 0.6) is 5.75 Å². The van der Waals surface area contributed by atoms with Crippen molar-refractivity contribution in [1.82, 2.24) is 4.90 Å². The third-order valence-corrected chi connectivity index (χ3v) is 6.26. The van der Waals surface area contributed by atoms with E-state index in [0.717, 1.165) is 27.9 Å². The van der Waals surface area contributed by atoms with Gasteiger partial charge in [0.1, 0.15) is 11.8 Å². The molecule has 0 saturated heterocycles. The number of fused-ring (bicyclic) bond motifs is 1. The van der Waals surface area contributed by atoms with Gasteiger partial charge in [-0.1, -0.05) is 24.3 Å². The molecule has 6 heteroatoms. The summed E-state index contributed by atoms with van der Waals surface area (Å²) < 4.78 is 0. The summed E-state index contributed by atoms with van der Waals surface area (Å²) in [6.07, 6.45) is 7.52. The van der Waals surface area contributed by atoms with Gasteiger partial charge in [-0.2, -0.15) is 0 Å². The topological polar surface area (TPSA) is 72.9 Å². The molecule has 2 aromatic carbocycles. The second-order valence-electron chi connectivity index (χ2n) is 8.68. The standard InChI is InChI=1S/C27H33N3O3/c1-7-8-9-10-24(31)30-14-13-20-11-12-21(29(5)6)16-22(20)25(30)27(33)28-23-15-17(2)26(32)19(4)18(23)3/h7-12,15-16,25,32H,13-14H2,1-6H3,(H,28,33)/b8-7+,10-9+. The highest BCUT2D eigenvalue weighted by atomic mass is 16.3. The van der Waals surface area contributed by atoms with Crippen molar-refractivity contribution in [2.45, 2.75) is 40.2 Å². The number of phenolic OH excluding ortho intramolecular Hbond substituents is 1. The Morgan fingerprint density at radius 1 is 1.12 bits per heavy atom. The number of allylic oxidation sites excluding steroid dienone is 3. The van der Waals surface area contributed by atoms with Gasteiger partial charge in [0.2, 0.25) is 5.91 Å². The molecule has 0 bridgehead atoms. The summed E-state index contributed by atoms with van der Waals surface area (Å²) in [4.78, 5) is 30.4. The molecule has 1 heterocycles. The van der Waals surface area contributed by atoms with Crippen molar-refractivity contribution in [3.63, 3.8) is 0 Å². The van der Waals surface area contributed by atoms with Crippen LogP contribution >= 0.6 is 0 Å². The third-order valence-electron chi connectivity index (χ3n) is 6.26. The lowest BCUT2D eigenvalue weighted by molar-refractivity contribution is -0.135. The average Bonchev–Trinajstić information content (AvgIpc) is 2.79. The summed E-state index contributed by atoms with van der Waals surface area (Å²) >= 11 is 0. The summed E-state index contributed by atoms with van der Waals surface area (Å²) in [5, 5.41) is 13.3. The van der Waals surface area contributed by atoms with E-state index in [1.807, 2.05) is 64.0 Å². The van der Waals surface area contributed by atoms with E-state index in [4.69, 9.17) is 0 Å². The number of anilines is 2. The first-order valence-corrected chi connectivity index (χ1v) is 11.2. The summed E-state index contributed by atoms with van der Waals surface area (Å²) in [6.45, 7) is 7.84. The summed E-state index contributed by atoms with van der Waals surface area (Å²) in [5.41, 5.74) is 5.73. The van der Waals surface area contributed by atoms with Crippen LogP contribution in [-0.2, 0) is 16.0 Å². The number of nitrogens with one attached hydrogen (secondary N) is 1. The van der Waals surface area contributed by atoms with Gasteiger partial charge in [-0.15, -0.1) is 0 Å². The van der Waals surface area contributed by atoms with E-state index >= 15 is 0 Å². The molecule has 3 rings (SSSR count). The summed E-state index contributed by atoms with van der Waals surface area (Å²) in [6, 6.07) is 7.09. The van der Waals surface area contributed by atoms with Crippen LogP contribution in [0.25, 0.3) is 0 Å². The minimum atomic E-state index is -0.759. The molecule has 6 nitrogen and oxygen atoms in total. The van der Waals surface area contributed by atoms with Gasteiger partial charge in [-0.25, -0.2) is 0 Å². The van der Waals surface area contributed by atoms with Gasteiger partial charge in [-0.05, 0) is 80.1 Å². The number of aromatic hydroxyl groups is 1. The predicted octanol–water partition coefficient (Wildman–Crippen LogP) is 4.58. The molecule has 0 aliphatic carbocycles. The van der Waals surface area contributed by atoms with E-state index in [1.165, 1.54) is 6.08 Å². The lowest BCUT2D eigenvalue weighted by atomic mass is 9.90. The van der Waals surface area contributed by atoms with Crippen molar-refractivity contribution in [1.29, 1.82) is 0 Å². The Bertz CT molecular complexity index is 1130. The van der Waals surface area contributed by atoms with E-state index in [0.29, 0.717) is 24.2 Å². The molecule has 0 saturated carbocycles. The first-order valence-electron chi connectivity index (χ1n) is 11.2. The van der Waals surface area contributed by atoms with Crippen molar-refractivity contribution in [2.24, 2.45) is 0 Å².